The molecule has 0 saturated carbocycles. The van der Waals surface area contributed by atoms with E-state index in [-0.39, 0.29) is 23.3 Å². The van der Waals surface area contributed by atoms with Crippen molar-refractivity contribution >= 4 is 0 Å². The molecule has 28 heavy (non-hydrogen) atoms. The molecular formula is C19H11F6NO2. The number of aromatic nitrogens is 1. The van der Waals surface area contributed by atoms with E-state index in [9.17, 15) is 26.3 Å². The first-order valence-electron chi connectivity index (χ1n) is 7.78. The zero-order valence-electron chi connectivity index (χ0n) is 13.9. The van der Waals surface area contributed by atoms with Crippen molar-refractivity contribution in [2.45, 2.75) is 12.4 Å². The summed E-state index contributed by atoms with van der Waals surface area (Å²) in [4.78, 5) is 3.94. The second kappa shape index (κ2) is 7.41. The van der Waals surface area contributed by atoms with E-state index in [1.165, 1.54) is 42.5 Å². The minimum atomic E-state index is -4.53. The Morgan fingerprint density at radius 3 is 1.36 bits per heavy atom. The smallest absolute Gasteiger partial charge is 0.416 e. The number of benzene rings is 2. The lowest BCUT2D eigenvalue weighted by molar-refractivity contribution is -0.138. The number of nitrogens with zero attached hydrogens (tertiary/aromatic N) is 1. The standard InChI is InChI=1S/C19H11F6NO2/c20-18(21,22)12-4-1-6-14(10-12)27-16-8-3-9-17(26-16)28-15-7-2-5-13(11-15)19(23,24)25/h1-11H. The third-order valence-corrected chi connectivity index (χ3v) is 3.47. The van der Waals surface area contributed by atoms with E-state index >= 15 is 0 Å². The van der Waals surface area contributed by atoms with Gasteiger partial charge in [0.1, 0.15) is 11.5 Å². The second-order valence-corrected chi connectivity index (χ2v) is 5.57. The summed E-state index contributed by atoms with van der Waals surface area (Å²) in [5.41, 5.74) is -1.78. The van der Waals surface area contributed by atoms with Crippen LogP contribution in [0.1, 0.15) is 11.1 Å². The lowest BCUT2D eigenvalue weighted by Crippen LogP contribution is -2.04. The van der Waals surface area contributed by atoms with Gasteiger partial charge in [0.15, 0.2) is 0 Å². The molecular weight excluding hydrogens is 388 g/mol. The largest absolute Gasteiger partial charge is 0.439 e. The second-order valence-electron chi connectivity index (χ2n) is 5.57. The van der Waals surface area contributed by atoms with Gasteiger partial charge in [0.25, 0.3) is 0 Å². The van der Waals surface area contributed by atoms with Crippen molar-refractivity contribution in [3.63, 3.8) is 0 Å². The fourth-order valence-corrected chi connectivity index (χ4v) is 2.22. The van der Waals surface area contributed by atoms with Crippen LogP contribution in [0.4, 0.5) is 26.3 Å². The van der Waals surface area contributed by atoms with Crippen LogP contribution >= 0.6 is 0 Å². The minimum absolute atomic E-state index is 0.0798. The number of hydrogen-bond donors (Lipinski definition) is 0. The summed E-state index contributed by atoms with van der Waals surface area (Å²) in [6, 6.07) is 12.6. The molecule has 0 aliphatic carbocycles. The third kappa shape index (κ3) is 4.93. The van der Waals surface area contributed by atoms with Crippen molar-refractivity contribution in [2.24, 2.45) is 0 Å². The monoisotopic (exact) mass is 399 g/mol. The summed E-state index contributed by atoms with van der Waals surface area (Å²) in [6.07, 6.45) is -9.05. The van der Waals surface area contributed by atoms with E-state index in [0.717, 1.165) is 24.3 Å². The van der Waals surface area contributed by atoms with Crippen LogP contribution in [-0.2, 0) is 12.4 Å². The average Bonchev–Trinajstić information content (AvgIpc) is 2.61. The summed E-state index contributed by atoms with van der Waals surface area (Å²) >= 11 is 0. The molecule has 0 radical (unpaired) electrons. The SMILES string of the molecule is FC(F)(F)c1cccc(Oc2cccc(Oc3cccc(C(F)(F)F)c3)n2)c1. The molecule has 0 aliphatic rings. The number of hydrogen-bond acceptors (Lipinski definition) is 3. The minimum Gasteiger partial charge on any atom is -0.439 e. The quantitative estimate of drug-likeness (QED) is 0.457. The van der Waals surface area contributed by atoms with Crippen molar-refractivity contribution in [1.29, 1.82) is 0 Å². The molecule has 0 atom stereocenters. The van der Waals surface area contributed by atoms with Gasteiger partial charge < -0.3 is 9.47 Å². The van der Waals surface area contributed by atoms with Crippen LogP contribution in [0, 0.1) is 0 Å². The van der Waals surface area contributed by atoms with Gasteiger partial charge in [0.05, 0.1) is 11.1 Å². The highest BCUT2D eigenvalue weighted by molar-refractivity contribution is 5.36. The van der Waals surface area contributed by atoms with Crippen molar-refractivity contribution < 1.29 is 35.8 Å². The number of halogens is 6. The van der Waals surface area contributed by atoms with Crippen molar-refractivity contribution in [3.05, 3.63) is 77.9 Å². The Labute approximate surface area is 155 Å². The molecule has 0 fully saturated rings. The topological polar surface area (TPSA) is 31.4 Å². The van der Waals surface area contributed by atoms with Gasteiger partial charge in [-0.15, -0.1) is 0 Å². The molecule has 3 aromatic rings. The number of pyridine rings is 1. The van der Waals surface area contributed by atoms with E-state index in [2.05, 4.69) is 4.98 Å². The van der Waals surface area contributed by atoms with Crippen LogP contribution in [0.2, 0.25) is 0 Å². The summed E-state index contributed by atoms with van der Waals surface area (Å²) in [7, 11) is 0. The highest BCUT2D eigenvalue weighted by Crippen LogP contribution is 2.34. The predicted molar refractivity (Wildman–Crippen MR) is 87.3 cm³/mol. The Hall–Kier alpha value is -3.23. The van der Waals surface area contributed by atoms with Crippen LogP contribution in [0.15, 0.2) is 66.7 Å². The van der Waals surface area contributed by atoms with Crippen LogP contribution in [-0.4, -0.2) is 4.98 Å². The molecule has 0 amide bonds. The normalized spacial score (nSPS) is 11.9. The summed E-state index contributed by atoms with van der Waals surface area (Å²) in [5, 5.41) is 0. The number of alkyl halides is 6. The van der Waals surface area contributed by atoms with Crippen LogP contribution in [0.25, 0.3) is 0 Å². The zero-order chi connectivity index (χ0) is 20.4. The van der Waals surface area contributed by atoms with Gasteiger partial charge in [-0.25, -0.2) is 0 Å². The first-order chi connectivity index (χ1) is 13.1. The van der Waals surface area contributed by atoms with Crippen LogP contribution in [0.3, 0.4) is 0 Å². The maximum atomic E-state index is 12.8. The lowest BCUT2D eigenvalue weighted by atomic mass is 10.2. The van der Waals surface area contributed by atoms with Gasteiger partial charge in [-0.2, -0.15) is 31.3 Å². The summed E-state index contributed by atoms with van der Waals surface area (Å²) < 4.78 is 87.1. The van der Waals surface area contributed by atoms with E-state index in [0.29, 0.717) is 0 Å². The van der Waals surface area contributed by atoms with Crippen LogP contribution in [0.5, 0.6) is 23.3 Å². The van der Waals surface area contributed by atoms with Crippen LogP contribution < -0.4 is 9.47 Å². The molecule has 0 saturated heterocycles. The molecule has 3 rings (SSSR count). The fourth-order valence-electron chi connectivity index (χ4n) is 2.22. The molecule has 9 heteroatoms. The number of ether oxygens (including phenoxy) is 2. The molecule has 0 aliphatic heterocycles. The molecule has 0 spiro atoms. The maximum Gasteiger partial charge on any atom is 0.416 e. The summed E-state index contributed by atoms with van der Waals surface area (Å²) in [6.45, 7) is 0. The molecule has 0 N–H and O–H groups in total. The zero-order valence-corrected chi connectivity index (χ0v) is 13.9. The Bertz CT molecular complexity index is 894. The van der Waals surface area contributed by atoms with E-state index in [4.69, 9.17) is 9.47 Å². The molecule has 0 unspecified atom stereocenters. The molecule has 1 heterocycles. The van der Waals surface area contributed by atoms with Gasteiger partial charge in [-0.05, 0) is 36.4 Å². The fraction of sp³-hybridized carbons (Fsp3) is 0.105. The molecule has 2 aromatic carbocycles. The maximum absolute atomic E-state index is 12.8. The Kier molecular flexibility index (Phi) is 5.17. The Balaban J connectivity index is 1.78. The average molecular weight is 399 g/mol. The third-order valence-electron chi connectivity index (χ3n) is 3.47. The highest BCUT2D eigenvalue weighted by Gasteiger charge is 2.31. The van der Waals surface area contributed by atoms with Crippen molar-refractivity contribution in [1.82, 2.24) is 4.98 Å². The first kappa shape index (κ1) is 19.5. The van der Waals surface area contributed by atoms with E-state index in [1.807, 2.05) is 0 Å². The predicted octanol–water partition coefficient (Wildman–Crippen LogP) is 6.70. The molecule has 3 nitrogen and oxygen atoms in total. The molecule has 1 aromatic heterocycles. The first-order valence-corrected chi connectivity index (χ1v) is 7.78. The van der Waals surface area contributed by atoms with Crippen molar-refractivity contribution in [3.8, 4) is 23.3 Å². The summed E-state index contributed by atoms with van der Waals surface area (Å²) in [5.74, 6) is -0.357. The number of rotatable bonds is 4. The van der Waals surface area contributed by atoms with Gasteiger partial charge in [0, 0.05) is 12.1 Å². The Morgan fingerprint density at radius 2 is 0.964 bits per heavy atom. The van der Waals surface area contributed by atoms with Gasteiger partial charge in [-0.3, -0.25) is 0 Å². The molecule has 0 bridgehead atoms. The van der Waals surface area contributed by atoms with Gasteiger partial charge >= 0.3 is 12.4 Å². The van der Waals surface area contributed by atoms with Crippen molar-refractivity contribution in [2.75, 3.05) is 0 Å². The van der Waals surface area contributed by atoms with E-state index < -0.39 is 23.5 Å². The molecule has 146 valence electrons. The van der Waals surface area contributed by atoms with E-state index in [1.54, 1.807) is 0 Å². The Morgan fingerprint density at radius 1 is 0.571 bits per heavy atom. The van der Waals surface area contributed by atoms with Gasteiger partial charge in [-0.1, -0.05) is 18.2 Å². The lowest BCUT2D eigenvalue weighted by Gasteiger charge is -2.11. The highest BCUT2D eigenvalue weighted by atomic mass is 19.4. The van der Waals surface area contributed by atoms with Gasteiger partial charge in [0.2, 0.25) is 11.8 Å².